The number of aryl methyl sites for hydroxylation is 2. The highest BCUT2D eigenvalue weighted by molar-refractivity contribution is 5.95. The number of hydrogen-bond donors (Lipinski definition) is 1. The molecule has 1 N–H and O–H groups in total. The van der Waals surface area contributed by atoms with Gasteiger partial charge in [-0.05, 0) is 75.8 Å². The number of carbonyl (C=O) groups is 1. The highest BCUT2D eigenvalue weighted by Crippen LogP contribution is 2.52. The van der Waals surface area contributed by atoms with Crippen LogP contribution in [0.3, 0.4) is 0 Å². The maximum absolute atomic E-state index is 12.8. The maximum Gasteiger partial charge on any atom is 0.228 e. The molecule has 0 saturated heterocycles. The molecule has 2 aliphatic carbocycles. The van der Waals surface area contributed by atoms with E-state index in [0.717, 1.165) is 49.8 Å². The Morgan fingerprint density at radius 1 is 0.917 bits per heavy atom. The van der Waals surface area contributed by atoms with E-state index in [9.17, 15) is 4.79 Å². The molecule has 128 valence electrons. The first-order valence-electron chi connectivity index (χ1n) is 9.35. The van der Waals surface area contributed by atoms with Gasteiger partial charge in [-0.15, -0.1) is 0 Å². The summed E-state index contributed by atoms with van der Waals surface area (Å²) >= 11 is 0. The van der Waals surface area contributed by atoms with Crippen molar-refractivity contribution in [2.24, 2.45) is 17.8 Å². The quantitative estimate of drug-likeness (QED) is 0.708. The summed E-state index contributed by atoms with van der Waals surface area (Å²) in [5.74, 6) is 1.55. The van der Waals surface area contributed by atoms with Crippen LogP contribution in [0.1, 0.15) is 49.7 Å². The van der Waals surface area contributed by atoms with Crippen molar-refractivity contribution in [1.29, 1.82) is 0 Å². The van der Waals surface area contributed by atoms with E-state index in [1.807, 2.05) is 6.07 Å². The summed E-state index contributed by atoms with van der Waals surface area (Å²) in [6, 6.07) is 6.22. The van der Waals surface area contributed by atoms with Crippen LogP contribution in [0.2, 0.25) is 0 Å². The first-order valence-corrected chi connectivity index (χ1v) is 9.35. The average Bonchev–Trinajstić information content (AvgIpc) is 3.22. The van der Waals surface area contributed by atoms with Gasteiger partial charge in [0.25, 0.3) is 0 Å². The zero-order chi connectivity index (χ0) is 16.9. The van der Waals surface area contributed by atoms with Crippen LogP contribution >= 0.6 is 0 Å². The number of nitrogens with one attached hydrogen (secondary N) is 1. The van der Waals surface area contributed by atoms with Gasteiger partial charge in [0.2, 0.25) is 5.91 Å². The van der Waals surface area contributed by atoms with Crippen molar-refractivity contribution >= 4 is 11.6 Å². The van der Waals surface area contributed by atoms with Crippen LogP contribution in [0.5, 0.6) is 0 Å². The standard InChI is InChI=1S/C22H29NO/c1-16-13-14-20(17(2)15-16)23-22(24)21-18-11-9-7-5-3-4-6-8-10-12-19(18)21/h5-8,13-15,18-19,21H,3-4,9-12H2,1-2H3,(H,23,24)/b7-5-,8-6-/t18-,19-/m1/s1. The molecule has 0 bridgehead atoms. The van der Waals surface area contributed by atoms with Crippen molar-refractivity contribution in [3.8, 4) is 0 Å². The van der Waals surface area contributed by atoms with Gasteiger partial charge in [0.15, 0.2) is 0 Å². The molecule has 0 aliphatic heterocycles. The van der Waals surface area contributed by atoms with Crippen molar-refractivity contribution in [3.05, 3.63) is 53.6 Å². The molecule has 0 spiro atoms. The average molecular weight is 323 g/mol. The van der Waals surface area contributed by atoms with Crippen LogP contribution in [0.25, 0.3) is 0 Å². The van der Waals surface area contributed by atoms with Crippen molar-refractivity contribution < 1.29 is 4.79 Å². The molecular formula is C22H29NO. The molecule has 0 heterocycles. The van der Waals surface area contributed by atoms with E-state index < -0.39 is 0 Å². The predicted molar refractivity (Wildman–Crippen MR) is 101 cm³/mol. The zero-order valence-corrected chi connectivity index (χ0v) is 14.9. The normalized spacial score (nSPS) is 29.5. The molecule has 2 aliphatic rings. The first-order chi connectivity index (χ1) is 11.7. The van der Waals surface area contributed by atoms with Gasteiger partial charge in [0.1, 0.15) is 0 Å². The highest BCUT2D eigenvalue weighted by Gasteiger charge is 2.52. The second kappa shape index (κ2) is 7.83. The molecular weight excluding hydrogens is 294 g/mol. The van der Waals surface area contributed by atoms with Gasteiger partial charge in [-0.25, -0.2) is 0 Å². The van der Waals surface area contributed by atoms with Crippen LogP contribution < -0.4 is 5.32 Å². The Balaban J connectivity index is 1.64. The van der Waals surface area contributed by atoms with Crippen molar-refractivity contribution in [1.82, 2.24) is 0 Å². The Hall–Kier alpha value is -1.83. The molecule has 1 amide bonds. The van der Waals surface area contributed by atoms with E-state index in [1.165, 1.54) is 5.56 Å². The number of amides is 1. The predicted octanol–water partition coefficient (Wildman–Crippen LogP) is 5.57. The van der Waals surface area contributed by atoms with Crippen LogP contribution in [0.4, 0.5) is 5.69 Å². The third-order valence-electron chi connectivity index (χ3n) is 5.44. The molecule has 2 heteroatoms. The lowest BCUT2D eigenvalue weighted by atomic mass is 10.1. The maximum atomic E-state index is 12.8. The molecule has 1 aromatic carbocycles. The molecule has 1 aromatic rings. The van der Waals surface area contributed by atoms with E-state index in [-0.39, 0.29) is 11.8 Å². The fourth-order valence-corrected chi connectivity index (χ4v) is 4.03. The highest BCUT2D eigenvalue weighted by atomic mass is 16.2. The lowest BCUT2D eigenvalue weighted by molar-refractivity contribution is -0.117. The minimum atomic E-state index is 0.202. The molecule has 24 heavy (non-hydrogen) atoms. The number of fused-ring (bicyclic) bond motifs is 1. The van der Waals surface area contributed by atoms with Gasteiger partial charge in [0.05, 0.1) is 0 Å². The zero-order valence-electron chi connectivity index (χ0n) is 14.9. The van der Waals surface area contributed by atoms with E-state index in [2.05, 4.69) is 55.6 Å². The SMILES string of the molecule is Cc1ccc(NC(=O)C2[C@@H]3CC/C=C\CC/C=C\CC[C@@H]23)c(C)c1. The summed E-state index contributed by atoms with van der Waals surface area (Å²) in [6.45, 7) is 4.15. The summed E-state index contributed by atoms with van der Waals surface area (Å²) < 4.78 is 0. The monoisotopic (exact) mass is 323 g/mol. The Morgan fingerprint density at radius 3 is 2.08 bits per heavy atom. The second-order valence-electron chi connectivity index (χ2n) is 7.34. The molecule has 0 aromatic heterocycles. The molecule has 1 fully saturated rings. The lowest BCUT2D eigenvalue weighted by Crippen LogP contribution is -2.16. The summed E-state index contributed by atoms with van der Waals surface area (Å²) in [5, 5.41) is 3.18. The number of carbonyl (C=O) groups excluding carboxylic acids is 1. The van der Waals surface area contributed by atoms with E-state index in [0.29, 0.717) is 11.8 Å². The van der Waals surface area contributed by atoms with Crippen molar-refractivity contribution in [2.75, 3.05) is 5.32 Å². The van der Waals surface area contributed by atoms with E-state index in [4.69, 9.17) is 0 Å². The largest absolute Gasteiger partial charge is 0.326 e. The van der Waals surface area contributed by atoms with Gasteiger partial charge in [0, 0.05) is 11.6 Å². The van der Waals surface area contributed by atoms with Gasteiger partial charge in [-0.1, -0.05) is 42.0 Å². The molecule has 3 rings (SSSR count). The summed E-state index contributed by atoms with van der Waals surface area (Å²) in [4.78, 5) is 12.8. The molecule has 0 unspecified atom stereocenters. The topological polar surface area (TPSA) is 29.1 Å². The fraction of sp³-hybridized carbons (Fsp3) is 0.500. The number of hydrogen-bond acceptors (Lipinski definition) is 1. The Bertz CT molecular complexity index is 619. The molecule has 2 atom stereocenters. The summed E-state index contributed by atoms with van der Waals surface area (Å²) in [7, 11) is 0. The van der Waals surface area contributed by atoms with Gasteiger partial charge >= 0.3 is 0 Å². The van der Waals surface area contributed by atoms with Crippen LogP contribution in [0.15, 0.2) is 42.5 Å². The van der Waals surface area contributed by atoms with Crippen LogP contribution in [0, 0.1) is 31.6 Å². The smallest absolute Gasteiger partial charge is 0.228 e. The summed E-state index contributed by atoms with van der Waals surface area (Å²) in [6.07, 6.45) is 16.0. The van der Waals surface area contributed by atoms with Crippen LogP contribution in [-0.4, -0.2) is 5.91 Å². The third kappa shape index (κ3) is 4.17. The van der Waals surface area contributed by atoms with Gasteiger partial charge < -0.3 is 5.32 Å². The molecule has 1 saturated carbocycles. The van der Waals surface area contributed by atoms with Gasteiger partial charge in [-0.3, -0.25) is 4.79 Å². The Labute approximate surface area is 146 Å². The molecule has 0 radical (unpaired) electrons. The second-order valence-corrected chi connectivity index (χ2v) is 7.34. The third-order valence-corrected chi connectivity index (χ3v) is 5.44. The van der Waals surface area contributed by atoms with Crippen molar-refractivity contribution in [2.45, 2.75) is 52.4 Å². The van der Waals surface area contributed by atoms with Crippen molar-refractivity contribution in [3.63, 3.8) is 0 Å². The van der Waals surface area contributed by atoms with Gasteiger partial charge in [-0.2, -0.15) is 0 Å². The summed E-state index contributed by atoms with van der Waals surface area (Å²) in [5.41, 5.74) is 3.35. The van der Waals surface area contributed by atoms with Crippen LogP contribution in [-0.2, 0) is 4.79 Å². The fourth-order valence-electron chi connectivity index (χ4n) is 4.03. The molecule has 2 nitrogen and oxygen atoms in total. The number of allylic oxidation sites excluding steroid dienone is 4. The number of benzene rings is 1. The first kappa shape index (κ1) is 17.0. The minimum absolute atomic E-state index is 0.202. The van der Waals surface area contributed by atoms with E-state index >= 15 is 0 Å². The minimum Gasteiger partial charge on any atom is -0.326 e. The van der Waals surface area contributed by atoms with E-state index in [1.54, 1.807) is 0 Å². The lowest BCUT2D eigenvalue weighted by Gasteiger charge is -2.09. The Kier molecular flexibility index (Phi) is 5.55. The Morgan fingerprint density at radius 2 is 1.50 bits per heavy atom. The number of rotatable bonds is 2. The number of anilines is 1.